The molecule has 39 heavy (non-hydrogen) atoms. The lowest BCUT2D eigenvalue weighted by atomic mass is 9.60. The molecule has 0 atom stereocenters. The molecule has 11 heteroatoms. The minimum Gasteiger partial charge on any atom is -0.478 e. The Balaban J connectivity index is 1.04. The number of benzene rings is 1. The number of piperidine rings is 1. The van der Waals surface area contributed by atoms with Gasteiger partial charge in [0.1, 0.15) is 17.0 Å². The van der Waals surface area contributed by atoms with E-state index in [1.807, 2.05) is 25.2 Å². The van der Waals surface area contributed by atoms with Crippen molar-refractivity contribution in [3.05, 3.63) is 52.0 Å². The summed E-state index contributed by atoms with van der Waals surface area (Å²) in [6.45, 7) is 1.74. The van der Waals surface area contributed by atoms with Crippen LogP contribution in [0.4, 0.5) is 11.6 Å². The second-order valence-corrected chi connectivity index (χ2v) is 12.1. The molecule has 1 spiro atoms. The Morgan fingerprint density at radius 3 is 2.56 bits per heavy atom. The zero-order chi connectivity index (χ0) is 26.9. The predicted molar refractivity (Wildman–Crippen MR) is 150 cm³/mol. The maximum atomic E-state index is 11.5. The molecular weight excluding hydrogens is 539 g/mol. The van der Waals surface area contributed by atoms with E-state index < -0.39 is 5.97 Å². The van der Waals surface area contributed by atoms with Gasteiger partial charge in [-0.1, -0.05) is 34.4 Å². The van der Waals surface area contributed by atoms with Gasteiger partial charge in [0.2, 0.25) is 5.95 Å². The molecule has 9 nitrogen and oxygen atoms in total. The number of halogens is 2. The van der Waals surface area contributed by atoms with Crippen molar-refractivity contribution >= 4 is 51.8 Å². The van der Waals surface area contributed by atoms with Gasteiger partial charge in [0.25, 0.3) is 0 Å². The van der Waals surface area contributed by atoms with Crippen LogP contribution < -0.4 is 10.2 Å². The summed E-state index contributed by atoms with van der Waals surface area (Å²) >= 11 is 13.1. The third kappa shape index (κ3) is 4.23. The van der Waals surface area contributed by atoms with Gasteiger partial charge >= 0.3 is 5.97 Å². The summed E-state index contributed by atoms with van der Waals surface area (Å²) in [5, 5.41) is 19.3. The number of aromatic nitrogens is 4. The Labute approximate surface area is 235 Å². The molecule has 7 rings (SSSR count). The molecule has 2 aliphatic carbocycles. The van der Waals surface area contributed by atoms with Gasteiger partial charge in [-0.2, -0.15) is 4.98 Å². The van der Waals surface area contributed by atoms with Crippen LogP contribution in [-0.4, -0.2) is 49.9 Å². The maximum Gasteiger partial charge on any atom is 0.337 e. The number of carbonyl (C=O) groups is 1. The molecule has 0 bridgehead atoms. The summed E-state index contributed by atoms with van der Waals surface area (Å²) < 4.78 is 7.57. The van der Waals surface area contributed by atoms with Gasteiger partial charge in [0, 0.05) is 50.1 Å². The van der Waals surface area contributed by atoms with Crippen molar-refractivity contribution in [2.45, 2.75) is 50.5 Å². The van der Waals surface area contributed by atoms with Crippen molar-refractivity contribution in [1.29, 1.82) is 0 Å². The van der Waals surface area contributed by atoms with E-state index in [2.05, 4.69) is 20.4 Å². The van der Waals surface area contributed by atoms with Crippen molar-refractivity contribution in [2.75, 3.05) is 23.3 Å². The van der Waals surface area contributed by atoms with Gasteiger partial charge < -0.3 is 24.4 Å². The average molecular weight is 567 g/mol. The fourth-order valence-electron chi connectivity index (χ4n) is 6.31. The third-order valence-corrected chi connectivity index (χ3v) is 9.24. The first kappa shape index (κ1) is 24.7. The topological polar surface area (TPSA) is 109 Å². The SMILES string of the molecule is Cn1cc(C(=O)O)c2cnc(N3CCC4(CC3)CC(Nc3c(-c5c(Cl)cccc5Cl)noc3C3CC3)C4)nc21. The third-order valence-electron chi connectivity index (χ3n) is 8.61. The second-order valence-electron chi connectivity index (χ2n) is 11.2. The number of fused-ring (bicyclic) bond motifs is 1. The molecule has 0 amide bonds. The number of rotatable bonds is 6. The maximum absolute atomic E-state index is 11.5. The van der Waals surface area contributed by atoms with Crippen LogP contribution in [0.15, 0.2) is 35.1 Å². The number of hydrogen-bond donors (Lipinski definition) is 2. The summed E-state index contributed by atoms with van der Waals surface area (Å²) in [5.41, 5.74) is 3.51. The summed E-state index contributed by atoms with van der Waals surface area (Å²) in [6, 6.07) is 5.82. The Morgan fingerprint density at radius 1 is 1.18 bits per heavy atom. The van der Waals surface area contributed by atoms with E-state index in [1.54, 1.807) is 17.0 Å². The zero-order valence-corrected chi connectivity index (χ0v) is 23.0. The summed E-state index contributed by atoms with van der Waals surface area (Å²) in [4.78, 5) is 23.0. The number of hydrogen-bond acceptors (Lipinski definition) is 7. The van der Waals surface area contributed by atoms with Crippen molar-refractivity contribution in [2.24, 2.45) is 12.5 Å². The first-order chi connectivity index (χ1) is 18.8. The zero-order valence-electron chi connectivity index (χ0n) is 21.5. The van der Waals surface area contributed by atoms with Crippen LogP contribution in [0.1, 0.15) is 60.6 Å². The predicted octanol–water partition coefficient (Wildman–Crippen LogP) is 6.37. The van der Waals surface area contributed by atoms with Crippen LogP contribution in [0.25, 0.3) is 22.3 Å². The molecule has 3 aromatic heterocycles. The van der Waals surface area contributed by atoms with E-state index in [0.717, 1.165) is 63.1 Å². The standard InChI is InChI=1S/C28H28Cl2N6O3/c1-35-14-18(26(37)38)17-13-31-27(33-25(17)35)36-9-7-28(8-10-36)11-16(12-28)32-23-22(34-39-24(23)15-5-6-15)21-19(29)3-2-4-20(21)30/h2-4,13-16,32H,5-12H2,1H3,(H,37,38). The van der Waals surface area contributed by atoms with Crippen LogP contribution in [-0.2, 0) is 7.05 Å². The van der Waals surface area contributed by atoms with E-state index >= 15 is 0 Å². The highest BCUT2D eigenvalue weighted by molar-refractivity contribution is 6.39. The number of carboxylic acids is 1. The van der Waals surface area contributed by atoms with E-state index in [-0.39, 0.29) is 5.56 Å². The molecule has 1 aromatic carbocycles. The van der Waals surface area contributed by atoms with Gasteiger partial charge in [-0.05, 0) is 56.1 Å². The molecule has 202 valence electrons. The van der Waals surface area contributed by atoms with Gasteiger partial charge in [0.15, 0.2) is 5.76 Å². The number of anilines is 2. The van der Waals surface area contributed by atoms with Crippen molar-refractivity contribution in [3.63, 3.8) is 0 Å². The lowest BCUT2D eigenvalue weighted by Crippen LogP contribution is -2.51. The largest absolute Gasteiger partial charge is 0.478 e. The number of carboxylic acid groups (broad SMARTS) is 1. The molecule has 4 heterocycles. The second kappa shape index (κ2) is 9.13. The van der Waals surface area contributed by atoms with Crippen molar-refractivity contribution < 1.29 is 14.4 Å². The minimum atomic E-state index is -0.970. The highest BCUT2D eigenvalue weighted by atomic mass is 35.5. The summed E-state index contributed by atoms with van der Waals surface area (Å²) in [6.07, 6.45) is 9.71. The number of nitrogens with zero attached hydrogens (tertiary/aromatic N) is 5. The smallest absolute Gasteiger partial charge is 0.337 e. The quantitative estimate of drug-likeness (QED) is 0.277. The Bertz CT molecular complexity index is 1570. The van der Waals surface area contributed by atoms with Crippen LogP contribution in [0.5, 0.6) is 0 Å². The lowest BCUT2D eigenvalue weighted by molar-refractivity contribution is 0.0698. The summed E-state index contributed by atoms with van der Waals surface area (Å²) in [5.74, 6) is 1.00. The molecule has 2 N–H and O–H groups in total. The van der Waals surface area contributed by atoms with E-state index in [9.17, 15) is 9.90 Å². The van der Waals surface area contributed by atoms with Gasteiger partial charge in [-0.3, -0.25) is 0 Å². The Kier molecular flexibility index (Phi) is 5.79. The molecule has 3 fully saturated rings. The van der Waals surface area contributed by atoms with Gasteiger partial charge in [0.05, 0.1) is 21.0 Å². The fourth-order valence-corrected chi connectivity index (χ4v) is 6.89. The molecular formula is C28H28Cl2N6O3. The van der Waals surface area contributed by atoms with Gasteiger partial charge in [-0.25, -0.2) is 9.78 Å². The lowest BCUT2D eigenvalue weighted by Gasteiger charge is -2.52. The highest BCUT2D eigenvalue weighted by Crippen LogP contribution is 2.53. The monoisotopic (exact) mass is 566 g/mol. The van der Waals surface area contributed by atoms with E-state index in [0.29, 0.717) is 55.7 Å². The van der Waals surface area contributed by atoms with Crippen LogP contribution in [0.2, 0.25) is 10.0 Å². The average Bonchev–Trinajstić information content (AvgIpc) is 3.58. The van der Waals surface area contributed by atoms with E-state index in [1.165, 1.54) is 0 Å². The first-order valence-electron chi connectivity index (χ1n) is 13.3. The molecule has 1 saturated heterocycles. The Hall–Kier alpha value is -3.30. The summed E-state index contributed by atoms with van der Waals surface area (Å²) in [7, 11) is 1.81. The van der Waals surface area contributed by atoms with Crippen molar-refractivity contribution in [3.8, 4) is 11.3 Å². The van der Waals surface area contributed by atoms with E-state index in [4.69, 9.17) is 32.7 Å². The Morgan fingerprint density at radius 2 is 1.90 bits per heavy atom. The minimum absolute atomic E-state index is 0.224. The number of aryl methyl sites for hydroxylation is 1. The number of nitrogens with one attached hydrogen (secondary N) is 1. The van der Waals surface area contributed by atoms with Crippen LogP contribution >= 0.6 is 23.2 Å². The fraction of sp³-hybridized carbons (Fsp3) is 0.429. The van der Waals surface area contributed by atoms with Crippen LogP contribution in [0.3, 0.4) is 0 Å². The highest BCUT2D eigenvalue weighted by Gasteiger charge is 2.47. The molecule has 2 saturated carbocycles. The molecule has 0 unspecified atom stereocenters. The molecule has 1 aliphatic heterocycles. The van der Waals surface area contributed by atoms with Crippen LogP contribution in [0, 0.1) is 5.41 Å². The molecule has 3 aliphatic rings. The first-order valence-corrected chi connectivity index (χ1v) is 14.1. The normalized spacial score (nSPS) is 19.0. The van der Waals surface area contributed by atoms with Gasteiger partial charge in [-0.15, -0.1) is 0 Å². The molecule has 0 radical (unpaired) electrons. The number of aromatic carboxylic acids is 1. The molecule has 4 aromatic rings. The van der Waals surface area contributed by atoms with Crippen molar-refractivity contribution in [1.82, 2.24) is 19.7 Å².